The quantitative estimate of drug-likeness (QED) is 0.927. The standard InChI is InChI=1S/C12H14BrN5S/c1-7(14)10-5-4-9(6-11(10)13)19-12-15-16-17-18(12)8-2-3-8/h4-8H,2-3,14H2,1H3. The smallest absolute Gasteiger partial charge is 0.214 e. The molecule has 1 heterocycles. The van der Waals surface area contributed by atoms with Crippen LogP contribution >= 0.6 is 27.7 Å². The summed E-state index contributed by atoms with van der Waals surface area (Å²) in [6.45, 7) is 1.97. The third kappa shape index (κ3) is 2.82. The van der Waals surface area contributed by atoms with Crippen molar-refractivity contribution in [2.75, 3.05) is 0 Å². The molecule has 0 radical (unpaired) electrons. The fourth-order valence-corrected chi connectivity index (χ4v) is 3.62. The van der Waals surface area contributed by atoms with Crippen LogP contribution in [-0.4, -0.2) is 20.2 Å². The summed E-state index contributed by atoms with van der Waals surface area (Å²) in [5.74, 6) is 0. The average molecular weight is 340 g/mol. The van der Waals surface area contributed by atoms with E-state index in [9.17, 15) is 0 Å². The molecule has 2 N–H and O–H groups in total. The van der Waals surface area contributed by atoms with E-state index >= 15 is 0 Å². The van der Waals surface area contributed by atoms with E-state index in [4.69, 9.17) is 5.73 Å². The molecule has 1 aromatic carbocycles. The van der Waals surface area contributed by atoms with Gasteiger partial charge < -0.3 is 5.73 Å². The number of nitrogens with zero attached hydrogens (tertiary/aromatic N) is 4. The lowest BCUT2D eigenvalue weighted by molar-refractivity contribution is 0.565. The highest BCUT2D eigenvalue weighted by molar-refractivity contribution is 9.10. The summed E-state index contributed by atoms with van der Waals surface area (Å²) in [6, 6.07) is 6.67. The van der Waals surface area contributed by atoms with Gasteiger partial charge in [-0.25, -0.2) is 4.68 Å². The molecule has 0 bridgehead atoms. The SMILES string of the molecule is CC(N)c1ccc(Sc2nnnn2C2CC2)cc1Br. The number of hydrogen-bond acceptors (Lipinski definition) is 5. The molecule has 1 atom stereocenters. The first-order valence-corrected chi connectivity index (χ1v) is 7.77. The first-order valence-electron chi connectivity index (χ1n) is 6.16. The van der Waals surface area contributed by atoms with Gasteiger partial charge in [0, 0.05) is 15.4 Å². The minimum atomic E-state index is 0.0187. The lowest BCUT2D eigenvalue weighted by atomic mass is 10.1. The maximum atomic E-state index is 5.90. The number of benzene rings is 1. The lowest BCUT2D eigenvalue weighted by Gasteiger charge is -2.10. The Hall–Kier alpha value is -0.920. The number of nitrogens with two attached hydrogens (primary N) is 1. The van der Waals surface area contributed by atoms with E-state index in [0.29, 0.717) is 6.04 Å². The molecule has 1 saturated carbocycles. The summed E-state index contributed by atoms with van der Waals surface area (Å²) in [6.07, 6.45) is 2.35. The van der Waals surface area contributed by atoms with Gasteiger partial charge in [0.15, 0.2) is 0 Å². The summed E-state index contributed by atoms with van der Waals surface area (Å²) in [5, 5.41) is 12.7. The van der Waals surface area contributed by atoms with Gasteiger partial charge in [0.2, 0.25) is 5.16 Å². The van der Waals surface area contributed by atoms with Crippen LogP contribution in [0, 0.1) is 0 Å². The van der Waals surface area contributed by atoms with E-state index in [-0.39, 0.29) is 6.04 Å². The number of hydrogen-bond donors (Lipinski definition) is 1. The van der Waals surface area contributed by atoms with Crippen LogP contribution in [0.5, 0.6) is 0 Å². The minimum Gasteiger partial charge on any atom is -0.324 e. The van der Waals surface area contributed by atoms with Crippen LogP contribution in [-0.2, 0) is 0 Å². The van der Waals surface area contributed by atoms with E-state index in [2.05, 4.69) is 43.6 Å². The van der Waals surface area contributed by atoms with Crippen molar-refractivity contribution < 1.29 is 0 Å². The molecule has 0 aliphatic heterocycles. The van der Waals surface area contributed by atoms with Crippen LogP contribution < -0.4 is 5.73 Å². The number of halogens is 1. The molecule has 3 rings (SSSR count). The van der Waals surface area contributed by atoms with E-state index in [0.717, 1.165) is 20.1 Å². The third-order valence-corrected chi connectivity index (χ3v) is 4.65. The second kappa shape index (κ2) is 5.22. The number of aromatic nitrogens is 4. The van der Waals surface area contributed by atoms with Crippen molar-refractivity contribution >= 4 is 27.7 Å². The minimum absolute atomic E-state index is 0.0187. The maximum Gasteiger partial charge on any atom is 0.214 e. The third-order valence-electron chi connectivity index (χ3n) is 3.03. The highest BCUT2D eigenvalue weighted by Gasteiger charge is 2.28. The monoisotopic (exact) mass is 339 g/mol. The van der Waals surface area contributed by atoms with Gasteiger partial charge in [0.05, 0.1) is 6.04 Å². The van der Waals surface area contributed by atoms with Crippen LogP contribution in [0.25, 0.3) is 0 Å². The number of tetrazole rings is 1. The van der Waals surface area contributed by atoms with Crippen molar-refractivity contribution in [1.29, 1.82) is 0 Å². The van der Waals surface area contributed by atoms with Crippen LogP contribution in [0.4, 0.5) is 0 Å². The molecule has 0 spiro atoms. The predicted molar refractivity (Wildman–Crippen MR) is 77.0 cm³/mol. The van der Waals surface area contributed by atoms with Gasteiger partial charge in [-0.1, -0.05) is 22.0 Å². The molecule has 1 aliphatic carbocycles. The van der Waals surface area contributed by atoms with Crippen molar-refractivity contribution in [2.45, 2.75) is 41.9 Å². The predicted octanol–water partition coefficient (Wildman–Crippen LogP) is 2.94. The zero-order valence-electron chi connectivity index (χ0n) is 10.5. The number of rotatable bonds is 4. The Labute approximate surface area is 124 Å². The molecule has 0 amide bonds. The summed E-state index contributed by atoms with van der Waals surface area (Å²) in [7, 11) is 0. The molecule has 1 fully saturated rings. The zero-order valence-corrected chi connectivity index (χ0v) is 12.9. The summed E-state index contributed by atoms with van der Waals surface area (Å²) >= 11 is 5.14. The fraction of sp³-hybridized carbons (Fsp3) is 0.417. The average Bonchev–Trinajstić information content (AvgIpc) is 3.10. The molecule has 100 valence electrons. The molecular formula is C12H14BrN5S. The van der Waals surface area contributed by atoms with Gasteiger partial charge in [-0.3, -0.25) is 0 Å². The van der Waals surface area contributed by atoms with Crippen LogP contribution in [0.2, 0.25) is 0 Å². The molecular weight excluding hydrogens is 326 g/mol. The molecule has 2 aromatic rings. The largest absolute Gasteiger partial charge is 0.324 e. The Morgan fingerprint density at radius 3 is 2.89 bits per heavy atom. The maximum absolute atomic E-state index is 5.90. The van der Waals surface area contributed by atoms with Gasteiger partial charge >= 0.3 is 0 Å². The molecule has 0 saturated heterocycles. The van der Waals surface area contributed by atoms with Crippen molar-refractivity contribution in [3.63, 3.8) is 0 Å². The van der Waals surface area contributed by atoms with Crippen molar-refractivity contribution in [3.8, 4) is 0 Å². The fourth-order valence-electron chi connectivity index (χ4n) is 1.85. The normalized spacial score (nSPS) is 16.6. The van der Waals surface area contributed by atoms with Crippen LogP contribution in [0.3, 0.4) is 0 Å². The highest BCUT2D eigenvalue weighted by atomic mass is 79.9. The Balaban J connectivity index is 1.83. The van der Waals surface area contributed by atoms with Gasteiger partial charge in [-0.2, -0.15) is 0 Å². The van der Waals surface area contributed by atoms with Crippen molar-refractivity contribution in [3.05, 3.63) is 28.2 Å². The Bertz CT molecular complexity index is 594. The topological polar surface area (TPSA) is 69.6 Å². The molecule has 1 aliphatic rings. The summed E-state index contributed by atoms with van der Waals surface area (Å²) in [4.78, 5) is 1.10. The van der Waals surface area contributed by atoms with E-state index in [1.165, 1.54) is 12.8 Å². The Morgan fingerprint density at radius 1 is 1.47 bits per heavy atom. The molecule has 5 nitrogen and oxygen atoms in total. The molecule has 1 aromatic heterocycles. The molecule has 7 heteroatoms. The summed E-state index contributed by atoms with van der Waals surface area (Å²) in [5.41, 5.74) is 7.00. The second-order valence-corrected chi connectivity index (χ2v) is 6.61. The van der Waals surface area contributed by atoms with Gasteiger partial charge in [0.1, 0.15) is 0 Å². The van der Waals surface area contributed by atoms with E-state index in [1.54, 1.807) is 11.8 Å². The van der Waals surface area contributed by atoms with Crippen LogP contribution in [0.1, 0.15) is 37.4 Å². The van der Waals surface area contributed by atoms with E-state index in [1.807, 2.05) is 17.7 Å². The van der Waals surface area contributed by atoms with E-state index < -0.39 is 0 Å². The van der Waals surface area contributed by atoms with Crippen molar-refractivity contribution in [2.24, 2.45) is 5.73 Å². The second-order valence-electron chi connectivity index (χ2n) is 4.71. The van der Waals surface area contributed by atoms with Crippen LogP contribution in [0.15, 0.2) is 32.7 Å². The first-order chi connectivity index (χ1) is 9.15. The lowest BCUT2D eigenvalue weighted by Crippen LogP contribution is -2.05. The molecule has 1 unspecified atom stereocenters. The Morgan fingerprint density at radius 2 is 2.26 bits per heavy atom. The van der Waals surface area contributed by atoms with Gasteiger partial charge in [-0.05, 0) is 59.7 Å². The highest BCUT2D eigenvalue weighted by Crippen LogP contribution is 2.38. The Kier molecular flexibility index (Phi) is 3.60. The van der Waals surface area contributed by atoms with Crippen molar-refractivity contribution in [1.82, 2.24) is 20.2 Å². The first kappa shape index (κ1) is 13.1. The summed E-state index contributed by atoms with van der Waals surface area (Å²) < 4.78 is 2.94. The zero-order chi connectivity index (χ0) is 13.4. The van der Waals surface area contributed by atoms with Gasteiger partial charge in [-0.15, -0.1) is 5.10 Å². The van der Waals surface area contributed by atoms with Gasteiger partial charge in [0.25, 0.3) is 0 Å². The molecule has 19 heavy (non-hydrogen) atoms.